The number of amidine groups is 1. The Hall–Kier alpha value is -1.41. The first-order valence-corrected chi connectivity index (χ1v) is 5.78. The van der Waals surface area contributed by atoms with Crippen LogP contribution in [0.2, 0.25) is 0 Å². The van der Waals surface area contributed by atoms with Gasteiger partial charge in [-0.05, 0) is 6.92 Å². The van der Waals surface area contributed by atoms with Crippen LogP contribution in [0.1, 0.15) is 6.92 Å². The highest BCUT2D eigenvalue weighted by Gasteiger charge is 2.16. The van der Waals surface area contributed by atoms with Crippen LogP contribution < -0.4 is 10.5 Å². The lowest BCUT2D eigenvalue weighted by Crippen LogP contribution is -2.33. The molecule has 8 heteroatoms. The molecule has 0 aliphatic heterocycles. The van der Waals surface area contributed by atoms with E-state index in [1.54, 1.807) is 4.57 Å². The summed E-state index contributed by atoms with van der Waals surface area (Å²) in [5, 5.41) is 6.84. The van der Waals surface area contributed by atoms with Crippen LogP contribution in [0.15, 0.2) is 17.6 Å². The summed E-state index contributed by atoms with van der Waals surface area (Å²) in [4.78, 5) is 3.74. The molecule has 0 aliphatic carbocycles. The van der Waals surface area contributed by atoms with Crippen molar-refractivity contribution in [3.63, 3.8) is 0 Å². The van der Waals surface area contributed by atoms with Gasteiger partial charge in [-0.1, -0.05) is 0 Å². The molecule has 0 atom stereocenters. The molecule has 1 aromatic heterocycles. The molecule has 4 N–H and O–H groups in total. The summed E-state index contributed by atoms with van der Waals surface area (Å²) in [6.45, 7) is 2.32. The van der Waals surface area contributed by atoms with E-state index in [-0.39, 0.29) is 17.4 Å². The van der Waals surface area contributed by atoms with Crippen molar-refractivity contribution in [1.82, 2.24) is 14.3 Å². The maximum absolute atomic E-state index is 11.5. The second-order valence-electron chi connectivity index (χ2n) is 2.89. The molecular weight excluding hydrogens is 218 g/mol. The molecule has 15 heavy (non-hydrogen) atoms. The zero-order chi connectivity index (χ0) is 11.5. The van der Waals surface area contributed by atoms with Crippen molar-refractivity contribution in [3.05, 3.63) is 12.5 Å². The molecule has 0 fully saturated rings. The first kappa shape index (κ1) is 11.7. The molecule has 84 valence electrons. The summed E-state index contributed by atoms with van der Waals surface area (Å²) < 4.78 is 26.9. The quantitative estimate of drug-likeness (QED) is 0.451. The number of rotatable bonds is 5. The summed E-state index contributed by atoms with van der Waals surface area (Å²) in [5.74, 6) is -0.242. The molecule has 0 bridgehead atoms. The van der Waals surface area contributed by atoms with Gasteiger partial charge >= 0.3 is 0 Å². The van der Waals surface area contributed by atoms with Gasteiger partial charge in [0.25, 0.3) is 10.0 Å². The molecule has 1 rings (SSSR count). The Kier molecular flexibility index (Phi) is 3.43. The van der Waals surface area contributed by atoms with E-state index in [1.807, 2.05) is 6.92 Å². The normalized spacial score (nSPS) is 11.5. The summed E-state index contributed by atoms with van der Waals surface area (Å²) >= 11 is 0. The van der Waals surface area contributed by atoms with E-state index in [4.69, 9.17) is 11.1 Å². The van der Waals surface area contributed by atoms with Crippen LogP contribution in [0.4, 0.5) is 0 Å². The Balaban J connectivity index is 2.81. The van der Waals surface area contributed by atoms with Crippen molar-refractivity contribution in [3.8, 4) is 0 Å². The van der Waals surface area contributed by atoms with Gasteiger partial charge in [-0.2, -0.15) is 0 Å². The molecule has 7 nitrogen and oxygen atoms in total. The average molecular weight is 231 g/mol. The third-order valence-electron chi connectivity index (χ3n) is 1.70. The summed E-state index contributed by atoms with van der Waals surface area (Å²) in [5.41, 5.74) is 5.04. The van der Waals surface area contributed by atoms with Crippen LogP contribution in [-0.2, 0) is 16.6 Å². The number of aromatic nitrogens is 2. The molecule has 0 unspecified atom stereocenters. The Morgan fingerprint density at radius 1 is 1.73 bits per heavy atom. The van der Waals surface area contributed by atoms with Gasteiger partial charge in [0.2, 0.25) is 0 Å². The Labute approximate surface area is 87.9 Å². The zero-order valence-corrected chi connectivity index (χ0v) is 9.08. The summed E-state index contributed by atoms with van der Waals surface area (Å²) in [7, 11) is -3.65. The topological polar surface area (TPSA) is 114 Å². The van der Waals surface area contributed by atoms with Crippen molar-refractivity contribution < 1.29 is 8.42 Å². The number of imidazole rings is 1. The zero-order valence-electron chi connectivity index (χ0n) is 8.27. The molecule has 0 aromatic carbocycles. The van der Waals surface area contributed by atoms with Crippen LogP contribution in [0.25, 0.3) is 0 Å². The molecule has 0 saturated heterocycles. The minimum Gasteiger partial charge on any atom is -0.387 e. The van der Waals surface area contributed by atoms with Gasteiger partial charge in [0.1, 0.15) is 5.84 Å². The minimum atomic E-state index is -3.65. The maximum Gasteiger partial charge on any atom is 0.259 e. The van der Waals surface area contributed by atoms with Crippen LogP contribution in [0.3, 0.4) is 0 Å². The minimum absolute atomic E-state index is 0.0643. The fraction of sp³-hybridized carbons (Fsp3) is 0.429. The molecule has 0 amide bonds. The molecule has 1 aromatic rings. The monoisotopic (exact) mass is 231 g/mol. The van der Waals surface area contributed by atoms with Crippen LogP contribution in [0.5, 0.6) is 0 Å². The predicted molar refractivity (Wildman–Crippen MR) is 55.0 cm³/mol. The number of hydrogen-bond acceptors (Lipinski definition) is 4. The molecule has 0 radical (unpaired) electrons. The van der Waals surface area contributed by atoms with Crippen molar-refractivity contribution in [2.75, 3.05) is 6.54 Å². The second-order valence-corrected chi connectivity index (χ2v) is 4.61. The van der Waals surface area contributed by atoms with Gasteiger partial charge in [0.15, 0.2) is 5.03 Å². The Bertz CT molecular complexity index is 450. The Morgan fingerprint density at radius 2 is 2.40 bits per heavy atom. The maximum atomic E-state index is 11.5. The Morgan fingerprint density at radius 3 is 2.87 bits per heavy atom. The van der Waals surface area contributed by atoms with E-state index in [9.17, 15) is 8.42 Å². The summed E-state index contributed by atoms with van der Waals surface area (Å²) in [6.07, 6.45) is 2.85. The van der Waals surface area contributed by atoms with E-state index >= 15 is 0 Å². The van der Waals surface area contributed by atoms with E-state index in [0.29, 0.717) is 6.54 Å². The van der Waals surface area contributed by atoms with Gasteiger partial charge in [-0.25, -0.2) is 18.1 Å². The SMILES string of the molecule is CCn1cnc(S(=O)(=O)NCC(=N)N)c1. The van der Waals surface area contributed by atoms with Crippen molar-refractivity contribution >= 4 is 15.9 Å². The second kappa shape index (κ2) is 4.41. The van der Waals surface area contributed by atoms with Crippen LogP contribution >= 0.6 is 0 Å². The fourth-order valence-corrected chi connectivity index (χ4v) is 1.85. The van der Waals surface area contributed by atoms with Gasteiger partial charge in [-0.15, -0.1) is 0 Å². The van der Waals surface area contributed by atoms with Crippen LogP contribution in [0, 0.1) is 5.41 Å². The third kappa shape index (κ3) is 3.03. The van der Waals surface area contributed by atoms with E-state index in [0.717, 1.165) is 0 Å². The first-order chi connectivity index (χ1) is 6.95. The number of hydrogen-bond donors (Lipinski definition) is 3. The predicted octanol–water partition coefficient (Wildman–Crippen LogP) is -0.883. The van der Waals surface area contributed by atoms with Gasteiger partial charge in [0, 0.05) is 12.7 Å². The summed E-state index contributed by atoms with van der Waals surface area (Å²) in [6, 6.07) is 0. The largest absolute Gasteiger partial charge is 0.387 e. The number of sulfonamides is 1. The average Bonchev–Trinajstić information content (AvgIpc) is 2.63. The highest BCUT2D eigenvalue weighted by atomic mass is 32.2. The standard InChI is InChI=1S/C7H13N5O2S/c1-2-12-4-7(10-5-12)15(13,14)11-3-6(8)9/h4-5,11H,2-3H2,1H3,(H3,8,9). The smallest absolute Gasteiger partial charge is 0.259 e. The molecule has 0 spiro atoms. The van der Waals surface area contributed by atoms with Crippen LogP contribution in [-0.4, -0.2) is 30.3 Å². The molecule has 0 saturated carbocycles. The highest BCUT2D eigenvalue weighted by molar-refractivity contribution is 7.89. The van der Waals surface area contributed by atoms with Crippen molar-refractivity contribution in [2.24, 2.45) is 5.73 Å². The van der Waals surface area contributed by atoms with Gasteiger partial charge in [-0.3, -0.25) is 5.41 Å². The number of nitrogens with zero attached hydrogens (tertiary/aromatic N) is 2. The molecular formula is C7H13N5O2S. The van der Waals surface area contributed by atoms with E-state index in [1.165, 1.54) is 12.5 Å². The lowest BCUT2D eigenvalue weighted by atomic mass is 10.6. The van der Waals surface area contributed by atoms with Gasteiger partial charge < -0.3 is 10.3 Å². The highest BCUT2D eigenvalue weighted by Crippen LogP contribution is 2.04. The lowest BCUT2D eigenvalue weighted by Gasteiger charge is -2.01. The number of nitrogens with two attached hydrogens (primary N) is 1. The van der Waals surface area contributed by atoms with E-state index < -0.39 is 10.0 Å². The third-order valence-corrected chi connectivity index (χ3v) is 2.99. The number of nitrogens with one attached hydrogen (secondary N) is 2. The fourth-order valence-electron chi connectivity index (χ4n) is 0.898. The van der Waals surface area contributed by atoms with E-state index in [2.05, 4.69) is 9.71 Å². The first-order valence-electron chi connectivity index (χ1n) is 4.30. The molecule has 1 heterocycles. The van der Waals surface area contributed by atoms with Crippen molar-refractivity contribution in [2.45, 2.75) is 18.5 Å². The van der Waals surface area contributed by atoms with Gasteiger partial charge in [0.05, 0.1) is 12.9 Å². The lowest BCUT2D eigenvalue weighted by molar-refractivity contribution is 0.582. The molecule has 0 aliphatic rings. The number of aryl methyl sites for hydroxylation is 1. The van der Waals surface area contributed by atoms with Crippen molar-refractivity contribution in [1.29, 1.82) is 5.41 Å².